The van der Waals surface area contributed by atoms with E-state index in [4.69, 9.17) is 4.42 Å². The molecule has 0 saturated carbocycles. The van der Waals surface area contributed by atoms with Gasteiger partial charge >= 0.3 is 0 Å². The van der Waals surface area contributed by atoms with Crippen molar-refractivity contribution in [1.82, 2.24) is 14.9 Å². The van der Waals surface area contributed by atoms with E-state index in [0.717, 1.165) is 24.2 Å². The van der Waals surface area contributed by atoms with Gasteiger partial charge in [-0.1, -0.05) is 0 Å². The van der Waals surface area contributed by atoms with Gasteiger partial charge < -0.3 is 9.32 Å². The molecule has 0 saturated heterocycles. The predicted molar refractivity (Wildman–Crippen MR) is 68.8 cm³/mol. The fraction of sp³-hybridized carbons (Fsp3) is 0.357. The first-order valence-corrected chi connectivity index (χ1v) is 6.38. The molecule has 1 aliphatic rings. The van der Waals surface area contributed by atoms with Crippen LogP contribution < -0.4 is 0 Å². The summed E-state index contributed by atoms with van der Waals surface area (Å²) < 4.78 is 5.17. The van der Waals surface area contributed by atoms with E-state index in [9.17, 15) is 4.79 Å². The van der Waals surface area contributed by atoms with Gasteiger partial charge in [0.05, 0.1) is 6.26 Å². The quantitative estimate of drug-likeness (QED) is 0.779. The van der Waals surface area contributed by atoms with Crippen LogP contribution in [0, 0.1) is 6.92 Å². The van der Waals surface area contributed by atoms with Crippen LogP contribution in [0.15, 0.2) is 29.1 Å². The maximum Gasteiger partial charge on any atom is 0.289 e. The number of fused-ring (bicyclic) bond motifs is 1. The Morgan fingerprint density at radius 1 is 1.32 bits per heavy atom. The summed E-state index contributed by atoms with van der Waals surface area (Å²) in [5, 5.41) is 0. The summed E-state index contributed by atoms with van der Waals surface area (Å²) in [6, 6.07) is 3.43. The molecule has 0 N–H and O–H groups in total. The molecule has 0 aliphatic carbocycles. The number of hydrogen-bond donors (Lipinski definition) is 0. The fourth-order valence-corrected chi connectivity index (χ4v) is 2.45. The Kier molecular flexibility index (Phi) is 3.03. The first-order chi connectivity index (χ1) is 9.25. The Bertz CT molecular complexity index is 593. The van der Waals surface area contributed by atoms with Gasteiger partial charge in [-0.15, -0.1) is 0 Å². The van der Waals surface area contributed by atoms with Crippen LogP contribution in [0.25, 0.3) is 0 Å². The third kappa shape index (κ3) is 2.23. The largest absolute Gasteiger partial charge is 0.459 e. The van der Waals surface area contributed by atoms with Gasteiger partial charge in [0.1, 0.15) is 6.33 Å². The molecule has 0 aromatic carbocycles. The topological polar surface area (TPSA) is 59.2 Å². The van der Waals surface area contributed by atoms with Crippen molar-refractivity contribution in [3.63, 3.8) is 0 Å². The van der Waals surface area contributed by atoms with Crippen molar-refractivity contribution < 1.29 is 9.21 Å². The number of furan rings is 1. The minimum atomic E-state index is -0.0524. The van der Waals surface area contributed by atoms with E-state index in [-0.39, 0.29) is 5.91 Å². The first kappa shape index (κ1) is 11.9. The zero-order valence-electron chi connectivity index (χ0n) is 10.8. The molecule has 2 aromatic heterocycles. The normalized spacial score (nSPS) is 14.9. The molecule has 0 spiro atoms. The van der Waals surface area contributed by atoms with Crippen LogP contribution in [0.4, 0.5) is 0 Å². The average molecular weight is 257 g/mol. The molecule has 2 aromatic rings. The third-order valence-corrected chi connectivity index (χ3v) is 3.52. The lowest BCUT2D eigenvalue weighted by molar-refractivity contribution is 0.0731. The third-order valence-electron chi connectivity index (χ3n) is 3.52. The molecule has 0 bridgehead atoms. The maximum atomic E-state index is 12.2. The van der Waals surface area contributed by atoms with E-state index >= 15 is 0 Å². The van der Waals surface area contributed by atoms with Crippen LogP contribution in [-0.4, -0.2) is 33.9 Å². The highest BCUT2D eigenvalue weighted by Gasteiger charge is 2.22. The van der Waals surface area contributed by atoms with Gasteiger partial charge in [0, 0.05) is 30.9 Å². The van der Waals surface area contributed by atoms with Crippen molar-refractivity contribution in [2.45, 2.75) is 19.8 Å². The van der Waals surface area contributed by atoms with Gasteiger partial charge in [0.15, 0.2) is 5.76 Å². The number of aryl methyl sites for hydroxylation is 1. The smallest absolute Gasteiger partial charge is 0.289 e. The minimum Gasteiger partial charge on any atom is -0.459 e. The number of carbonyl (C=O) groups is 1. The van der Waals surface area contributed by atoms with Gasteiger partial charge in [-0.25, -0.2) is 9.97 Å². The first-order valence-electron chi connectivity index (χ1n) is 6.38. The number of nitrogens with zero attached hydrogens (tertiary/aromatic N) is 3. The van der Waals surface area contributed by atoms with Crippen LogP contribution >= 0.6 is 0 Å². The summed E-state index contributed by atoms with van der Waals surface area (Å²) in [5.41, 5.74) is 3.25. The highest BCUT2D eigenvalue weighted by atomic mass is 16.3. The van der Waals surface area contributed by atoms with E-state index in [1.165, 1.54) is 11.8 Å². The van der Waals surface area contributed by atoms with Gasteiger partial charge in [-0.3, -0.25) is 4.79 Å². The summed E-state index contributed by atoms with van der Waals surface area (Å²) in [4.78, 5) is 22.6. The molecular weight excluding hydrogens is 242 g/mol. The van der Waals surface area contributed by atoms with Crippen molar-refractivity contribution in [2.75, 3.05) is 13.1 Å². The van der Waals surface area contributed by atoms with Crippen LogP contribution in [-0.2, 0) is 12.8 Å². The van der Waals surface area contributed by atoms with E-state index in [1.807, 2.05) is 11.8 Å². The second kappa shape index (κ2) is 4.84. The van der Waals surface area contributed by atoms with Crippen molar-refractivity contribution in [3.8, 4) is 0 Å². The summed E-state index contributed by atoms with van der Waals surface area (Å²) in [6.07, 6.45) is 4.69. The van der Waals surface area contributed by atoms with Crippen LogP contribution in [0.3, 0.4) is 0 Å². The summed E-state index contributed by atoms with van der Waals surface area (Å²) >= 11 is 0. The number of amides is 1. The number of carbonyl (C=O) groups excluding carboxylic acids is 1. The Labute approximate surface area is 111 Å². The Hall–Kier alpha value is -2.17. The highest BCUT2D eigenvalue weighted by molar-refractivity contribution is 5.91. The van der Waals surface area contributed by atoms with E-state index in [0.29, 0.717) is 18.8 Å². The average Bonchev–Trinajstić information content (AvgIpc) is 2.85. The Morgan fingerprint density at radius 2 is 2.16 bits per heavy atom. The summed E-state index contributed by atoms with van der Waals surface area (Å²) in [7, 11) is 0. The van der Waals surface area contributed by atoms with Gasteiger partial charge in [0.2, 0.25) is 0 Å². The SMILES string of the molecule is Cc1ncnc2c1CCN(C(=O)c1ccco1)CC2. The van der Waals surface area contributed by atoms with Crippen molar-refractivity contribution in [2.24, 2.45) is 0 Å². The Balaban J connectivity index is 1.80. The zero-order valence-corrected chi connectivity index (χ0v) is 10.8. The highest BCUT2D eigenvalue weighted by Crippen LogP contribution is 2.17. The molecule has 0 fully saturated rings. The van der Waals surface area contributed by atoms with E-state index in [1.54, 1.807) is 18.5 Å². The number of aromatic nitrogens is 2. The second-order valence-electron chi connectivity index (χ2n) is 4.65. The summed E-state index contributed by atoms with van der Waals surface area (Å²) in [6.45, 7) is 3.34. The molecule has 5 nitrogen and oxygen atoms in total. The Morgan fingerprint density at radius 3 is 2.95 bits per heavy atom. The lowest BCUT2D eigenvalue weighted by Crippen LogP contribution is -2.33. The van der Waals surface area contributed by atoms with Gasteiger partial charge in [-0.2, -0.15) is 0 Å². The predicted octanol–water partition coefficient (Wildman–Crippen LogP) is 1.62. The van der Waals surface area contributed by atoms with Crippen molar-refractivity contribution in [3.05, 3.63) is 47.4 Å². The molecule has 1 amide bonds. The van der Waals surface area contributed by atoms with Crippen LogP contribution in [0.1, 0.15) is 27.5 Å². The van der Waals surface area contributed by atoms with Crippen LogP contribution in [0.2, 0.25) is 0 Å². The minimum absolute atomic E-state index is 0.0524. The molecule has 3 rings (SSSR count). The molecule has 0 atom stereocenters. The fourth-order valence-electron chi connectivity index (χ4n) is 2.45. The molecular formula is C14H15N3O2. The standard InChI is InChI=1S/C14H15N3O2/c1-10-11-4-6-17(7-5-12(11)16-9-15-10)14(18)13-3-2-8-19-13/h2-3,8-9H,4-7H2,1H3. The molecule has 19 heavy (non-hydrogen) atoms. The number of rotatable bonds is 1. The monoisotopic (exact) mass is 257 g/mol. The molecule has 3 heterocycles. The maximum absolute atomic E-state index is 12.2. The lowest BCUT2D eigenvalue weighted by atomic mass is 10.1. The second-order valence-corrected chi connectivity index (χ2v) is 4.65. The molecule has 0 unspecified atom stereocenters. The van der Waals surface area contributed by atoms with E-state index in [2.05, 4.69) is 9.97 Å². The molecule has 5 heteroatoms. The van der Waals surface area contributed by atoms with E-state index < -0.39 is 0 Å². The lowest BCUT2D eigenvalue weighted by Gasteiger charge is -2.18. The van der Waals surface area contributed by atoms with Gasteiger partial charge in [-0.05, 0) is 31.0 Å². The summed E-state index contributed by atoms with van der Waals surface area (Å²) in [5.74, 6) is 0.345. The van der Waals surface area contributed by atoms with Crippen molar-refractivity contribution >= 4 is 5.91 Å². The molecule has 0 radical (unpaired) electrons. The van der Waals surface area contributed by atoms with Crippen molar-refractivity contribution in [1.29, 1.82) is 0 Å². The number of hydrogen-bond acceptors (Lipinski definition) is 4. The van der Waals surface area contributed by atoms with Crippen LogP contribution in [0.5, 0.6) is 0 Å². The molecule has 98 valence electrons. The van der Waals surface area contributed by atoms with Gasteiger partial charge in [0.25, 0.3) is 5.91 Å². The zero-order chi connectivity index (χ0) is 13.2. The molecule has 1 aliphatic heterocycles.